The first kappa shape index (κ1) is 16.4. The minimum atomic E-state index is -3.67. The number of nitrogens with two attached hydrogens (primary N) is 1. The van der Waals surface area contributed by atoms with Gasteiger partial charge in [0.15, 0.2) is 0 Å². The molecule has 5 N–H and O–H groups in total. The van der Waals surface area contributed by atoms with Gasteiger partial charge in [0.25, 0.3) is 0 Å². The second-order valence-corrected chi connectivity index (χ2v) is 5.99. The van der Waals surface area contributed by atoms with Crippen molar-refractivity contribution in [3.05, 3.63) is 29.8 Å². The zero-order chi connectivity index (χ0) is 15.2. The summed E-state index contributed by atoms with van der Waals surface area (Å²) in [6.45, 7) is 2.17. The summed E-state index contributed by atoms with van der Waals surface area (Å²) in [6, 6.07) is 5.80. The summed E-state index contributed by atoms with van der Waals surface area (Å²) >= 11 is 0. The number of hydrogen-bond donors (Lipinski definition) is 4. The lowest BCUT2D eigenvalue weighted by atomic mass is 10.1. The van der Waals surface area contributed by atoms with Crippen LogP contribution < -0.4 is 15.8 Å². The van der Waals surface area contributed by atoms with Crippen LogP contribution in [0.15, 0.2) is 29.2 Å². The van der Waals surface area contributed by atoms with Crippen LogP contribution in [-0.4, -0.2) is 38.7 Å². The fourth-order valence-corrected chi connectivity index (χ4v) is 1.98. The fourth-order valence-electron chi connectivity index (χ4n) is 1.47. The van der Waals surface area contributed by atoms with Crippen LogP contribution in [0.2, 0.25) is 0 Å². The highest BCUT2D eigenvalue weighted by Crippen LogP contribution is 2.08. The third-order valence-electron chi connectivity index (χ3n) is 2.51. The van der Waals surface area contributed by atoms with E-state index in [-0.39, 0.29) is 17.5 Å². The molecule has 0 saturated heterocycles. The van der Waals surface area contributed by atoms with Gasteiger partial charge in [-0.15, -0.1) is 0 Å². The van der Waals surface area contributed by atoms with Crippen molar-refractivity contribution in [1.82, 2.24) is 10.6 Å². The molecule has 0 aromatic heterocycles. The number of amides is 2. The maximum atomic E-state index is 11.3. The maximum Gasteiger partial charge on any atom is 0.314 e. The van der Waals surface area contributed by atoms with Gasteiger partial charge in [0.2, 0.25) is 10.0 Å². The van der Waals surface area contributed by atoms with E-state index in [4.69, 9.17) is 10.2 Å². The zero-order valence-electron chi connectivity index (χ0n) is 11.2. The van der Waals surface area contributed by atoms with E-state index < -0.39 is 16.1 Å². The lowest BCUT2D eigenvalue weighted by Gasteiger charge is -2.09. The average Bonchev–Trinajstić information content (AvgIpc) is 2.36. The van der Waals surface area contributed by atoms with Crippen LogP contribution in [-0.2, 0) is 16.4 Å². The predicted octanol–water partition coefficient (Wildman–Crippen LogP) is -0.443. The Bertz CT molecular complexity index is 540. The number of aliphatic hydroxyl groups excluding tert-OH is 1. The first-order valence-electron chi connectivity index (χ1n) is 6.10. The molecule has 0 aliphatic carbocycles. The van der Waals surface area contributed by atoms with E-state index in [0.717, 1.165) is 5.56 Å². The van der Waals surface area contributed by atoms with Crippen LogP contribution in [0.5, 0.6) is 0 Å². The second kappa shape index (κ2) is 7.22. The highest BCUT2D eigenvalue weighted by atomic mass is 32.2. The van der Waals surface area contributed by atoms with Crippen LogP contribution in [0, 0.1) is 0 Å². The Morgan fingerprint density at radius 2 is 1.90 bits per heavy atom. The van der Waals surface area contributed by atoms with Crippen molar-refractivity contribution >= 4 is 16.1 Å². The number of rotatable bonds is 6. The number of urea groups is 1. The third-order valence-corrected chi connectivity index (χ3v) is 3.44. The molecule has 8 heteroatoms. The maximum absolute atomic E-state index is 11.3. The first-order chi connectivity index (χ1) is 9.29. The Hall–Kier alpha value is -1.64. The van der Waals surface area contributed by atoms with Crippen LogP contribution in [0.4, 0.5) is 4.79 Å². The largest absolute Gasteiger partial charge is 0.392 e. The van der Waals surface area contributed by atoms with Crippen molar-refractivity contribution in [1.29, 1.82) is 0 Å². The molecule has 2 amide bonds. The minimum absolute atomic E-state index is 0.0592. The minimum Gasteiger partial charge on any atom is -0.392 e. The Morgan fingerprint density at radius 1 is 1.30 bits per heavy atom. The topological polar surface area (TPSA) is 122 Å². The smallest absolute Gasteiger partial charge is 0.314 e. The van der Waals surface area contributed by atoms with Gasteiger partial charge in [-0.05, 0) is 31.0 Å². The van der Waals surface area contributed by atoms with E-state index in [0.29, 0.717) is 13.0 Å². The average molecular weight is 301 g/mol. The van der Waals surface area contributed by atoms with Gasteiger partial charge in [-0.3, -0.25) is 0 Å². The summed E-state index contributed by atoms with van der Waals surface area (Å²) in [5, 5.41) is 19.1. The van der Waals surface area contributed by atoms with E-state index in [2.05, 4.69) is 10.6 Å². The molecule has 0 bridgehead atoms. The van der Waals surface area contributed by atoms with Gasteiger partial charge < -0.3 is 15.7 Å². The van der Waals surface area contributed by atoms with Gasteiger partial charge in [-0.25, -0.2) is 18.4 Å². The monoisotopic (exact) mass is 301 g/mol. The molecular weight excluding hydrogens is 282 g/mol. The standard InChI is InChI=1S/C12H19N3O4S/c1-9(16)8-15-12(17)14-7-6-10-2-4-11(5-3-10)20(13,18)19/h2-5,9,16H,6-8H2,1H3,(H2,13,18,19)(H2,14,15,17)/t9-/m0/s1. The van der Waals surface area contributed by atoms with E-state index in [1.54, 1.807) is 19.1 Å². The van der Waals surface area contributed by atoms with Gasteiger partial charge >= 0.3 is 6.03 Å². The summed E-state index contributed by atoms with van der Waals surface area (Å²) in [6.07, 6.45) is -0.0287. The predicted molar refractivity (Wildman–Crippen MR) is 74.6 cm³/mol. The van der Waals surface area contributed by atoms with Crippen molar-refractivity contribution in [3.8, 4) is 0 Å². The zero-order valence-corrected chi connectivity index (χ0v) is 12.0. The van der Waals surface area contributed by atoms with Gasteiger partial charge in [-0.2, -0.15) is 0 Å². The summed E-state index contributed by atoms with van der Waals surface area (Å²) in [5.41, 5.74) is 0.883. The summed E-state index contributed by atoms with van der Waals surface area (Å²) in [4.78, 5) is 11.4. The number of carbonyl (C=O) groups excluding carboxylic acids is 1. The number of hydrogen-bond acceptors (Lipinski definition) is 4. The normalized spacial score (nSPS) is 12.8. The molecule has 0 saturated carbocycles. The molecule has 0 aliphatic heterocycles. The number of carbonyl (C=O) groups is 1. The molecule has 1 aromatic rings. The Balaban J connectivity index is 2.38. The van der Waals surface area contributed by atoms with Crippen LogP contribution in [0.25, 0.3) is 0 Å². The van der Waals surface area contributed by atoms with E-state index in [1.807, 2.05) is 0 Å². The summed E-state index contributed by atoms with van der Waals surface area (Å²) in [5.74, 6) is 0. The highest BCUT2D eigenvalue weighted by Gasteiger charge is 2.07. The molecule has 1 aromatic carbocycles. The van der Waals surface area contributed by atoms with Gasteiger partial charge in [0, 0.05) is 13.1 Å². The van der Waals surface area contributed by atoms with Crippen LogP contribution in [0.3, 0.4) is 0 Å². The highest BCUT2D eigenvalue weighted by molar-refractivity contribution is 7.89. The summed E-state index contributed by atoms with van der Waals surface area (Å²) in [7, 11) is -3.67. The Labute approximate surface area is 118 Å². The summed E-state index contributed by atoms with van der Waals surface area (Å²) < 4.78 is 22.1. The van der Waals surface area contributed by atoms with E-state index in [1.165, 1.54) is 12.1 Å². The molecule has 0 aliphatic rings. The SMILES string of the molecule is C[C@H](O)CNC(=O)NCCc1ccc(S(N)(=O)=O)cc1. The van der Waals surface area contributed by atoms with Crippen molar-refractivity contribution in [2.24, 2.45) is 5.14 Å². The van der Waals surface area contributed by atoms with E-state index >= 15 is 0 Å². The number of primary sulfonamides is 1. The fraction of sp³-hybridized carbons (Fsp3) is 0.417. The number of aliphatic hydroxyl groups is 1. The van der Waals surface area contributed by atoms with Crippen molar-refractivity contribution in [2.45, 2.75) is 24.3 Å². The van der Waals surface area contributed by atoms with Crippen molar-refractivity contribution in [3.63, 3.8) is 0 Å². The molecule has 20 heavy (non-hydrogen) atoms. The molecule has 0 radical (unpaired) electrons. The molecule has 0 unspecified atom stereocenters. The van der Waals surface area contributed by atoms with Gasteiger partial charge in [0.1, 0.15) is 0 Å². The van der Waals surface area contributed by atoms with Crippen molar-refractivity contribution < 1.29 is 18.3 Å². The Morgan fingerprint density at radius 3 is 2.40 bits per heavy atom. The lowest BCUT2D eigenvalue weighted by Crippen LogP contribution is -2.39. The number of benzene rings is 1. The first-order valence-corrected chi connectivity index (χ1v) is 7.65. The number of nitrogens with one attached hydrogen (secondary N) is 2. The molecule has 0 heterocycles. The molecular formula is C12H19N3O4S. The van der Waals surface area contributed by atoms with E-state index in [9.17, 15) is 13.2 Å². The van der Waals surface area contributed by atoms with Crippen LogP contribution >= 0.6 is 0 Å². The molecule has 1 atom stereocenters. The second-order valence-electron chi connectivity index (χ2n) is 4.42. The molecule has 0 spiro atoms. The van der Waals surface area contributed by atoms with Gasteiger partial charge in [0.05, 0.1) is 11.0 Å². The third kappa shape index (κ3) is 6.00. The quantitative estimate of drug-likeness (QED) is 0.569. The molecule has 7 nitrogen and oxygen atoms in total. The molecule has 112 valence electrons. The lowest BCUT2D eigenvalue weighted by molar-refractivity contribution is 0.187. The number of sulfonamides is 1. The Kier molecular flexibility index (Phi) is 5.93. The van der Waals surface area contributed by atoms with Crippen molar-refractivity contribution in [2.75, 3.05) is 13.1 Å². The molecule has 0 fully saturated rings. The molecule has 1 rings (SSSR count). The van der Waals surface area contributed by atoms with Gasteiger partial charge in [-0.1, -0.05) is 12.1 Å². The van der Waals surface area contributed by atoms with Crippen LogP contribution in [0.1, 0.15) is 12.5 Å².